The highest BCUT2D eigenvalue weighted by atomic mass is 32.1. The number of aromatic nitrogens is 1. The first-order valence-electron chi connectivity index (χ1n) is 9.24. The van der Waals surface area contributed by atoms with Crippen LogP contribution in [0.5, 0.6) is 0 Å². The van der Waals surface area contributed by atoms with Crippen LogP contribution in [0.2, 0.25) is 0 Å². The predicted molar refractivity (Wildman–Crippen MR) is 104 cm³/mol. The molecule has 3 rings (SSSR count). The number of hydrogen-bond acceptors (Lipinski definition) is 7. The van der Waals surface area contributed by atoms with Crippen molar-refractivity contribution in [3.05, 3.63) is 29.3 Å². The number of hydrogen-bond donors (Lipinski definition) is 2. The maximum absolute atomic E-state index is 12.0. The number of urea groups is 1. The molecule has 1 saturated carbocycles. The zero-order valence-corrected chi connectivity index (χ0v) is 16.4. The Morgan fingerprint density at radius 1 is 1.25 bits per heavy atom. The minimum atomic E-state index is -1.09. The second-order valence-electron chi connectivity index (χ2n) is 6.64. The number of amides is 3. The average molecular weight is 405 g/mol. The number of nitrogens with zero attached hydrogens (tertiary/aromatic N) is 1. The van der Waals surface area contributed by atoms with Gasteiger partial charge in [0, 0.05) is 6.04 Å². The Hall–Kier alpha value is -2.52. The summed E-state index contributed by atoms with van der Waals surface area (Å²) >= 11 is 1.49. The number of nitrogens with one attached hydrogen (secondary N) is 2. The molecule has 2 N–H and O–H groups in total. The summed E-state index contributed by atoms with van der Waals surface area (Å²) in [5.74, 6) is -1.35. The van der Waals surface area contributed by atoms with Crippen LogP contribution in [-0.4, -0.2) is 41.6 Å². The van der Waals surface area contributed by atoms with Crippen molar-refractivity contribution in [2.45, 2.75) is 51.4 Å². The lowest BCUT2D eigenvalue weighted by Gasteiger charge is -2.15. The quantitative estimate of drug-likeness (QED) is 0.686. The lowest BCUT2D eigenvalue weighted by molar-refractivity contribution is -0.159. The Kier molecular flexibility index (Phi) is 6.94. The highest BCUT2D eigenvalue weighted by molar-refractivity contribution is 7.18. The number of ether oxygens (including phenoxy) is 2. The molecule has 0 aliphatic heterocycles. The summed E-state index contributed by atoms with van der Waals surface area (Å²) in [5, 5.41) is 5.69. The summed E-state index contributed by atoms with van der Waals surface area (Å²) in [5.41, 5.74) is 0.884. The number of imide groups is 1. The van der Waals surface area contributed by atoms with Gasteiger partial charge in [0.15, 0.2) is 6.10 Å². The van der Waals surface area contributed by atoms with Crippen LogP contribution in [0, 0.1) is 0 Å². The lowest BCUT2D eigenvalue weighted by atomic mass is 10.2. The molecule has 9 heteroatoms. The van der Waals surface area contributed by atoms with E-state index < -0.39 is 24.0 Å². The number of carbonyl (C=O) groups excluding carboxylic acids is 3. The summed E-state index contributed by atoms with van der Waals surface area (Å²) in [7, 11) is 0. The zero-order valence-electron chi connectivity index (χ0n) is 15.6. The standard InChI is InChI=1S/C19H23N3O5S/c1-12(18(24)22-19(25)20-13-6-2-3-7-13)27-17(23)11-26-10-16-21-14-8-4-5-9-15(14)28-16/h4-5,8-9,12-13H,2-3,6-7,10-11H2,1H3,(H2,20,22,24,25)/t12-/m1/s1. The van der Waals surface area contributed by atoms with Crippen LogP contribution in [0.3, 0.4) is 0 Å². The third-order valence-corrected chi connectivity index (χ3v) is 5.40. The number of para-hydroxylation sites is 1. The Morgan fingerprint density at radius 2 is 2.00 bits per heavy atom. The van der Waals surface area contributed by atoms with Gasteiger partial charge in [-0.15, -0.1) is 11.3 Å². The number of esters is 1. The van der Waals surface area contributed by atoms with Crippen molar-refractivity contribution >= 4 is 39.5 Å². The SMILES string of the molecule is C[C@@H](OC(=O)COCc1nc2ccccc2s1)C(=O)NC(=O)NC1CCCC1. The molecule has 0 bridgehead atoms. The molecule has 3 amide bonds. The van der Waals surface area contributed by atoms with E-state index in [0.717, 1.165) is 40.9 Å². The predicted octanol–water partition coefficient (Wildman–Crippen LogP) is 2.51. The van der Waals surface area contributed by atoms with Gasteiger partial charge < -0.3 is 14.8 Å². The first kappa shape index (κ1) is 20.2. The van der Waals surface area contributed by atoms with E-state index in [0.29, 0.717) is 0 Å². The van der Waals surface area contributed by atoms with E-state index in [9.17, 15) is 14.4 Å². The van der Waals surface area contributed by atoms with Gasteiger partial charge in [0.25, 0.3) is 5.91 Å². The lowest BCUT2D eigenvalue weighted by Crippen LogP contribution is -2.47. The minimum absolute atomic E-state index is 0.0987. The second-order valence-corrected chi connectivity index (χ2v) is 7.76. The molecule has 0 spiro atoms. The maximum Gasteiger partial charge on any atom is 0.332 e. The van der Waals surface area contributed by atoms with Crippen molar-refractivity contribution in [1.82, 2.24) is 15.6 Å². The van der Waals surface area contributed by atoms with Crippen molar-refractivity contribution in [1.29, 1.82) is 0 Å². The third-order valence-electron chi connectivity index (χ3n) is 4.39. The highest BCUT2D eigenvalue weighted by Gasteiger charge is 2.22. The van der Waals surface area contributed by atoms with E-state index in [1.807, 2.05) is 24.3 Å². The largest absolute Gasteiger partial charge is 0.451 e. The molecular weight excluding hydrogens is 382 g/mol. The summed E-state index contributed by atoms with van der Waals surface area (Å²) in [6.07, 6.45) is 2.89. The van der Waals surface area contributed by atoms with Crippen molar-refractivity contribution in [2.24, 2.45) is 0 Å². The first-order chi connectivity index (χ1) is 13.5. The van der Waals surface area contributed by atoms with Gasteiger partial charge in [-0.3, -0.25) is 10.1 Å². The summed E-state index contributed by atoms with van der Waals surface area (Å²) in [4.78, 5) is 40.0. The fraction of sp³-hybridized carbons (Fsp3) is 0.474. The van der Waals surface area contributed by atoms with E-state index >= 15 is 0 Å². The molecule has 1 fully saturated rings. The molecule has 1 aliphatic rings. The van der Waals surface area contributed by atoms with Gasteiger partial charge in [0.1, 0.15) is 11.6 Å². The van der Waals surface area contributed by atoms with Crippen LogP contribution in [0.4, 0.5) is 4.79 Å². The molecule has 0 unspecified atom stereocenters. The highest BCUT2D eigenvalue weighted by Crippen LogP contribution is 2.22. The molecule has 28 heavy (non-hydrogen) atoms. The molecule has 1 aliphatic carbocycles. The molecule has 1 atom stereocenters. The van der Waals surface area contributed by atoms with Crippen molar-refractivity contribution < 1.29 is 23.9 Å². The van der Waals surface area contributed by atoms with Crippen LogP contribution >= 0.6 is 11.3 Å². The fourth-order valence-electron chi connectivity index (χ4n) is 2.99. The van der Waals surface area contributed by atoms with Gasteiger partial charge in [-0.05, 0) is 31.9 Å². The van der Waals surface area contributed by atoms with E-state index in [2.05, 4.69) is 15.6 Å². The van der Waals surface area contributed by atoms with E-state index in [-0.39, 0.29) is 19.3 Å². The molecule has 0 radical (unpaired) electrons. The summed E-state index contributed by atoms with van der Waals surface area (Å²) < 4.78 is 11.4. The Morgan fingerprint density at radius 3 is 2.75 bits per heavy atom. The second kappa shape index (κ2) is 9.61. The molecule has 0 saturated heterocycles. The summed E-state index contributed by atoms with van der Waals surface area (Å²) in [6.45, 7) is 1.28. The number of carbonyl (C=O) groups is 3. The Bertz CT molecular complexity index is 814. The Balaban J connectivity index is 1.36. The minimum Gasteiger partial charge on any atom is -0.451 e. The number of fused-ring (bicyclic) bond motifs is 1. The van der Waals surface area contributed by atoms with Crippen molar-refractivity contribution in [3.63, 3.8) is 0 Å². The van der Waals surface area contributed by atoms with Gasteiger partial charge in [-0.25, -0.2) is 14.6 Å². The van der Waals surface area contributed by atoms with Crippen LogP contribution in [0.25, 0.3) is 10.2 Å². The van der Waals surface area contributed by atoms with Gasteiger partial charge >= 0.3 is 12.0 Å². The number of benzene rings is 1. The van der Waals surface area contributed by atoms with Crippen molar-refractivity contribution in [3.8, 4) is 0 Å². The van der Waals surface area contributed by atoms with Crippen LogP contribution < -0.4 is 10.6 Å². The van der Waals surface area contributed by atoms with Crippen LogP contribution in [-0.2, 0) is 25.7 Å². The zero-order chi connectivity index (χ0) is 19.9. The smallest absolute Gasteiger partial charge is 0.332 e. The Labute approximate surface area is 166 Å². The molecular formula is C19H23N3O5S. The van der Waals surface area contributed by atoms with Gasteiger partial charge in [-0.1, -0.05) is 25.0 Å². The summed E-state index contributed by atoms with van der Waals surface area (Å²) in [6, 6.07) is 7.25. The number of rotatable bonds is 7. The normalized spacial score (nSPS) is 15.3. The van der Waals surface area contributed by atoms with Gasteiger partial charge in [-0.2, -0.15) is 0 Å². The fourth-order valence-corrected chi connectivity index (χ4v) is 3.90. The van der Waals surface area contributed by atoms with Gasteiger partial charge in [0.2, 0.25) is 0 Å². The number of thiazole rings is 1. The third kappa shape index (κ3) is 5.74. The molecule has 2 aromatic rings. The monoisotopic (exact) mass is 405 g/mol. The molecule has 8 nitrogen and oxygen atoms in total. The van der Waals surface area contributed by atoms with Crippen LogP contribution in [0.1, 0.15) is 37.6 Å². The molecule has 1 aromatic heterocycles. The van der Waals surface area contributed by atoms with E-state index in [4.69, 9.17) is 9.47 Å². The first-order valence-corrected chi connectivity index (χ1v) is 10.1. The average Bonchev–Trinajstić information content (AvgIpc) is 3.30. The van der Waals surface area contributed by atoms with E-state index in [1.165, 1.54) is 18.3 Å². The molecule has 1 aromatic carbocycles. The molecule has 1 heterocycles. The maximum atomic E-state index is 12.0. The van der Waals surface area contributed by atoms with Crippen LogP contribution in [0.15, 0.2) is 24.3 Å². The van der Waals surface area contributed by atoms with E-state index in [1.54, 1.807) is 0 Å². The van der Waals surface area contributed by atoms with Crippen molar-refractivity contribution in [2.75, 3.05) is 6.61 Å². The van der Waals surface area contributed by atoms with Gasteiger partial charge in [0.05, 0.1) is 16.8 Å². The topological polar surface area (TPSA) is 107 Å². The molecule has 150 valence electrons.